The van der Waals surface area contributed by atoms with E-state index in [0.29, 0.717) is 24.3 Å². The van der Waals surface area contributed by atoms with E-state index in [2.05, 4.69) is 0 Å². The van der Waals surface area contributed by atoms with E-state index in [9.17, 15) is 61.9 Å². The van der Waals surface area contributed by atoms with Gasteiger partial charge in [-0.3, -0.25) is 4.79 Å². The summed E-state index contributed by atoms with van der Waals surface area (Å²) in [6.45, 7) is 0.306. The summed E-state index contributed by atoms with van der Waals surface area (Å²) >= 11 is 0. The van der Waals surface area contributed by atoms with Crippen molar-refractivity contribution in [3.05, 3.63) is 35.4 Å². The molecular weight excluding hydrogens is 537 g/mol. The summed E-state index contributed by atoms with van der Waals surface area (Å²) in [5.41, 5.74) is 0.918. The van der Waals surface area contributed by atoms with Crippen LogP contribution in [0.5, 0.6) is 0 Å². The fourth-order valence-electron chi connectivity index (χ4n) is 2.86. The van der Waals surface area contributed by atoms with E-state index in [0.717, 1.165) is 0 Å². The molecule has 0 radical (unpaired) electrons. The van der Waals surface area contributed by atoms with Crippen LogP contribution in [0.25, 0.3) is 0 Å². The zero-order chi connectivity index (χ0) is 27.8. The van der Waals surface area contributed by atoms with Crippen molar-refractivity contribution >= 4 is 5.91 Å². The van der Waals surface area contributed by atoms with Crippen molar-refractivity contribution < 1.29 is 71.3 Å². The first-order valence-electron chi connectivity index (χ1n) is 9.73. The highest BCUT2D eigenvalue weighted by Crippen LogP contribution is 2.60. The second-order valence-corrected chi connectivity index (χ2v) is 7.59. The lowest BCUT2D eigenvalue weighted by Crippen LogP contribution is -2.70. The molecule has 0 atom stereocenters. The van der Waals surface area contributed by atoms with E-state index < -0.39 is 60.8 Å². The molecule has 1 saturated heterocycles. The Kier molecular flexibility index (Phi) is 8.21. The van der Waals surface area contributed by atoms with Gasteiger partial charge in [0.25, 0.3) is 0 Å². The van der Waals surface area contributed by atoms with Gasteiger partial charge in [0.15, 0.2) is 6.29 Å². The second kappa shape index (κ2) is 9.87. The minimum Gasteiger partial charge on any atom is -0.352 e. The minimum absolute atomic E-state index is 0.336. The molecule has 4 nitrogen and oxygen atoms in total. The Morgan fingerprint density at radius 3 is 1.69 bits per heavy atom. The molecule has 0 unspecified atom stereocenters. The smallest absolute Gasteiger partial charge is 0.352 e. The largest absolute Gasteiger partial charge is 0.460 e. The Balaban J connectivity index is 2.03. The van der Waals surface area contributed by atoms with Gasteiger partial charge in [-0.15, -0.1) is 0 Å². The molecule has 0 aromatic heterocycles. The van der Waals surface area contributed by atoms with Gasteiger partial charge >= 0.3 is 35.8 Å². The lowest BCUT2D eigenvalue weighted by molar-refractivity contribution is -0.440. The molecule has 0 aliphatic carbocycles. The highest BCUT2D eigenvalue weighted by Gasteiger charge is 2.90. The van der Waals surface area contributed by atoms with E-state index in [1.165, 1.54) is 24.3 Å². The van der Waals surface area contributed by atoms with Gasteiger partial charge in [-0.2, -0.15) is 57.1 Å². The predicted octanol–water partition coefficient (Wildman–Crippen LogP) is 5.87. The first-order chi connectivity index (χ1) is 16.2. The number of hydrogen-bond acceptors (Lipinski definition) is 3. The first kappa shape index (κ1) is 29.9. The molecule has 1 aromatic carbocycles. The third kappa shape index (κ3) is 5.35. The molecule has 1 aliphatic rings. The number of amides is 1. The lowest BCUT2D eigenvalue weighted by Gasteiger charge is -2.39. The SMILES string of the molecule is O=C(CCC(F)(F)C(F)(F)C(F)(F)C(F)(F)C(F)(F)C(F)(F)F)NCc1ccc(C2OCCO2)cc1. The second-order valence-electron chi connectivity index (χ2n) is 7.59. The summed E-state index contributed by atoms with van der Waals surface area (Å²) in [7, 11) is 0. The van der Waals surface area contributed by atoms with Crippen LogP contribution in [0, 0.1) is 0 Å². The fraction of sp³-hybridized carbons (Fsp3) is 0.632. The van der Waals surface area contributed by atoms with Crippen LogP contribution in [0.1, 0.15) is 30.3 Å². The number of alkyl halides is 13. The van der Waals surface area contributed by atoms with Crippen molar-refractivity contribution in [1.82, 2.24) is 5.32 Å². The maximum atomic E-state index is 13.7. The van der Waals surface area contributed by atoms with Crippen molar-refractivity contribution in [1.29, 1.82) is 0 Å². The van der Waals surface area contributed by atoms with Crippen molar-refractivity contribution in [3.8, 4) is 0 Å². The van der Waals surface area contributed by atoms with Crippen molar-refractivity contribution in [3.63, 3.8) is 0 Å². The third-order valence-corrected chi connectivity index (χ3v) is 5.03. The van der Waals surface area contributed by atoms with Crippen LogP contribution in [-0.4, -0.2) is 54.9 Å². The number of halogens is 13. The van der Waals surface area contributed by atoms with Crippen LogP contribution < -0.4 is 5.32 Å². The molecule has 1 aliphatic heterocycles. The van der Waals surface area contributed by atoms with Gasteiger partial charge < -0.3 is 14.8 Å². The lowest BCUT2D eigenvalue weighted by atomic mass is 9.92. The average Bonchev–Trinajstić information content (AvgIpc) is 3.30. The average molecular weight is 553 g/mol. The summed E-state index contributed by atoms with van der Waals surface area (Å²) < 4.78 is 180. The van der Waals surface area contributed by atoms with Crippen molar-refractivity contribution in [2.24, 2.45) is 0 Å². The zero-order valence-electron chi connectivity index (χ0n) is 17.6. The Labute approximate surface area is 193 Å². The van der Waals surface area contributed by atoms with Gasteiger partial charge in [-0.25, -0.2) is 0 Å². The topological polar surface area (TPSA) is 47.6 Å². The van der Waals surface area contributed by atoms with E-state index in [4.69, 9.17) is 9.47 Å². The maximum Gasteiger partial charge on any atom is 0.460 e. The molecule has 0 saturated carbocycles. The highest BCUT2D eigenvalue weighted by atomic mass is 19.4. The Morgan fingerprint density at radius 2 is 1.22 bits per heavy atom. The molecule has 17 heteroatoms. The Bertz CT molecular complexity index is 910. The van der Waals surface area contributed by atoms with E-state index >= 15 is 0 Å². The Morgan fingerprint density at radius 1 is 0.750 bits per heavy atom. The summed E-state index contributed by atoms with van der Waals surface area (Å²) in [5, 5.41) is 1.94. The van der Waals surface area contributed by atoms with Crippen molar-refractivity contribution in [2.75, 3.05) is 13.2 Å². The summed E-state index contributed by atoms with van der Waals surface area (Å²) in [6.07, 6.45) is -12.4. The van der Waals surface area contributed by atoms with Gasteiger partial charge in [-0.05, 0) is 5.56 Å². The van der Waals surface area contributed by atoms with Crippen LogP contribution in [0.4, 0.5) is 57.1 Å². The van der Waals surface area contributed by atoms with E-state index in [-0.39, 0.29) is 6.54 Å². The number of carbonyl (C=O) groups is 1. The molecule has 206 valence electrons. The molecule has 1 amide bonds. The van der Waals surface area contributed by atoms with Gasteiger partial charge in [0.05, 0.1) is 13.2 Å². The zero-order valence-corrected chi connectivity index (χ0v) is 17.6. The van der Waals surface area contributed by atoms with E-state index in [1.807, 2.05) is 5.32 Å². The number of nitrogens with one attached hydrogen (secondary N) is 1. The third-order valence-electron chi connectivity index (χ3n) is 5.03. The number of rotatable bonds is 10. The molecule has 2 rings (SSSR count). The molecular formula is C19H16F13NO3. The van der Waals surface area contributed by atoms with Gasteiger partial charge in [0, 0.05) is 24.9 Å². The molecule has 36 heavy (non-hydrogen) atoms. The monoisotopic (exact) mass is 553 g/mol. The normalized spacial score (nSPS) is 16.9. The maximum absolute atomic E-state index is 13.7. The summed E-state index contributed by atoms with van der Waals surface area (Å²) in [4.78, 5) is 11.7. The van der Waals surface area contributed by atoms with Crippen LogP contribution in [0.3, 0.4) is 0 Å². The molecule has 1 N–H and O–H groups in total. The van der Waals surface area contributed by atoms with Crippen LogP contribution in [0.2, 0.25) is 0 Å². The quantitative estimate of drug-likeness (QED) is 0.369. The highest BCUT2D eigenvalue weighted by molar-refractivity contribution is 5.75. The van der Waals surface area contributed by atoms with Crippen molar-refractivity contribution in [2.45, 2.75) is 61.5 Å². The van der Waals surface area contributed by atoms with Crippen LogP contribution >= 0.6 is 0 Å². The number of carbonyl (C=O) groups excluding carboxylic acids is 1. The van der Waals surface area contributed by atoms with E-state index in [1.54, 1.807) is 0 Å². The predicted molar refractivity (Wildman–Crippen MR) is 93.0 cm³/mol. The van der Waals surface area contributed by atoms with Crippen LogP contribution in [-0.2, 0) is 20.8 Å². The van der Waals surface area contributed by atoms with Gasteiger partial charge in [-0.1, -0.05) is 24.3 Å². The molecule has 0 spiro atoms. The molecule has 0 bridgehead atoms. The summed E-state index contributed by atoms with van der Waals surface area (Å²) in [5.74, 6) is -38.8. The van der Waals surface area contributed by atoms with Gasteiger partial charge in [0.1, 0.15) is 0 Å². The molecule has 1 aromatic rings. The van der Waals surface area contributed by atoms with Gasteiger partial charge in [0.2, 0.25) is 5.91 Å². The fourth-order valence-corrected chi connectivity index (χ4v) is 2.86. The molecule has 1 fully saturated rings. The Hall–Kier alpha value is -2.30. The number of hydrogen-bond donors (Lipinski definition) is 1. The molecule has 1 heterocycles. The standard InChI is InChI=1S/C19H16F13NO3/c20-14(21,15(22,23)16(24,25)17(26,27)18(28,29)19(30,31)32)6-5-12(34)33-9-10-1-3-11(4-2-10)13-35-7-8-36-13/h1-4,13H,5-9H2,(H,33,34). The number of benzene rings is 1. The minimum atomic E-state index is -7.96. The summed E-state index contributed by atoms with van der Waals surface area (Å²) in [6, 6.07) is 5.86. The number of ether oxygens (including phenoxy) is 2. The van der Waals surface area contributed by atoms with Crippen LogP contribution in [0.15, 0.2) is 24.3 Å². The first-order valence-corrected chi connectivity index (χ1v) is 9.73.